The van der Waals surface area contributed by atoms with Crippen LogP contribution >= 0.6 is 11.3 Å². The predicted molar refractivity (Wildman–Crippen MR) is 91.2 cm³/mol. The molecule has 4 nitrogen and oxygen atoms in total. The van der Waals surface area contributed by atoms with Gasteiger partial charge in [-0.2, -0.15) is 0 Å². The second kappa shape index (κ2) is 7.98. The number of hydrogen-bond acceptors (Lipinski definition) is 5. The lowest BCUT2D eigenvalue weighted by Crippen LogP contribution is -2.11. The molecule has 2 aromatic rings. The van der Waals surface area contributed by atoms with Gasteiger partial charge in [-0.15, -0.1) is 11.3 Å². The van der Waals surface area contributed by atoms with Crippen molar-refractivity contribution in [2.75, 3.05) is 17.2 Å². The minimum absolute atomic E-state index is 0.814. The Morgan fingerprint density at radius 3 is 2.48 bits per heavy atom. The van der Waals surface area contributed by atoms with Crippen molar-refractivity contribution in [1.82, 2.24) is 9.97 Å². The Bertz CT molecular complexity index is 552. The molecule has 0 fully saturated rings. The van der Waals surface area contributed by atoms with Crippen LogP contribution in [0.15, 0.2) is 17.5 Å². The monoisotopic (exact) mass is 304 g/mol. The average molecular weight is 304 g/mol. The summed E-state index contributed by atoms with van der Waals surface area (Å²) in [4.78, 5) is 10.6. The van der Waals surface area contributed by atoms with Gasteiger partial charge in [0.15, 0.2) is 0 Å². The van der Waals surface area contributed by atoms with Crippen LogP contribution in [0, 0.1) is 6.92 Å². The Morgan fingerprint density at radius 2 is 1.86 bits per heavy atom. The van der Waals surface area contributed by atoms with Crippen molar-refractivity contribution in [3.8, 4) is 0 Å². The van der Waals surface area contributed by atoms with Crippen molar-refractivity contribution in [2.24, 2.45) is 0 Å². The zero-order valence-corrected chi connectivity index (χ0v) is 13.9. The highest BCUT2D eigenvalue weighted by Gasteiger charge is 2.10. The molecule has 0 saturated heterocycles. The SMILES string of the molecule is CCCNc1nc(CCC)nc(NCc2cccs2)c1C. The van der Waals surface area contributed by atoms with Crippen LogP contribution in [0.4, 0.5) is 11.6 Å². The van der Waals surface area contributed by atoms with Gasteiger partial charge >= 0.3 is 0 Å². The number of hydrogen-bond donors (Lipinski definition) is 2. The molecule has 2 N–H and O–H groups in total. The summed E-state index contributed by atoms with van der Waals surface area (Å²) in [6.45, 7) is 8.14. The van der Waals surface area contributed by atoms with Crippen LogP contribution in [0.5, 0.6) is 0 Å². The third-order valence-electron chi connectivity index (χ3n) is 3.22. The number of anilines is 2. The van der Waals surface area contributed by atoms with Crippen LogP contribution in [0.25, 0.3) is 0 Å². The van der Waals surface area contributed by atoms with Crippen LogP contribution in [0.2, 0.25) is 0 Å². The number of aromatic nitrogens is 2. The van der Waals surface area contributed by atoms with Crippen molar-refractivity contribution in [1.29, 1.82) is 0 Å². The Labute approximate surface area is 131 Å². The van der Waals surface area contributed by atoms with E-state index >= 15 is 0 Å². The van der Waals surface area contributed by atoms with Gasteiger partial charge in [0.2, 0.25) is 0 Å². The quantitative estimate of drug-likeness (QED) is 0.766. The Morgan fingerprint density at radius 1 is 1.10 bits per heavy atom. The predicted octanol–water partition coefficient (Wildman–Crippen LogP) is 4.23. The Balaban J connectivity index is 2.18. The number of nitrogens with one attached hydrogen (secondary N) is 2. The topological polar surface area (TPSA) is 49.8 Å². The van der Waals surface area contributed by atoms with Gasteiger partial charge in [0, 0.05) is 23.4 Å². The fourth-order valence-electron chi connectivity index (χ4n) is 2.07. The highest BCUT2D eigenvalue weighted by atomic mass is 32.1. The molecule has 0 amide bonds. The number of nitrogens with zero attached hydrogens (tertiary/aromatic N) is 2. The highest BCUT2D eigenvalue weighted by Crippen LogP contribution is 2.22. The molecule has 0 aliphatic carbocycles. The normalized spacial score (nSPS) is 10.6. The smallest absolute Gasteiger partial charge is 0.135 e. The van der Waals surface area contributed by atoms with E-state index < -0.39 is 0 Å². The van der Waals surface area contributed by atoms with E-state index in [1.807, 2.05) is 0 Å². The second-order valence-corrected chi connectivity index (χ2v) is 6.10. The Hall–Kier alpha value is -1.62. The third-order valence-corrected chi connectivity index (χ3v) is 4.09. The molecule has 2 heterocycles. The van der Waals surface area contributed by atoms with Crippen molar-refractivity contribution < 1.29 is 0 Å². The molecular weight excluding hydrogens is 280 g/mol. The molecule has 0 spiro atoms. The van der Waals surface area contributed by atoms with Crippen molar-refractivity contribution >= 4 is 23.0 Å². The van der Waals surface area contributed by atoms with E-state index in [1.165, 1.54) is 4.88 Å². The number of aryl methyl sites for hydroxylation is 1. The molecule has 0 radical (unpaired) electrons. The van der Waals surface area contributed by atoms with E-state index in [1.54, 1.807) is 11.3 Å². The first-order chi connectivity index (χ1) is 10.2. The van der Waals surface area contributed by atoms with Gasteiger partial charge in [0.25, 0.3) is 0 Å². The van der Waals surface area contributed by atoms with Gasteiger partial charge in [0.1, 0.15) is 17.5 Å². The van der Waals surface area contributed by atoms with E-state index in [9.17, 15) is 0 Å². The van der Waals surface area contributed by atoms with E-state index in [0.29, 0.717) is 0 Å². The Kier molecular flexibility index (Phi) is 5.99. The van der Waals surface area contributed by atoms with Crippen molar-refractivity contribution in [3.63, 3.8) is 0 Å². The largest absolute Gasteiger partial charge is 0.370 e. The summed E-state index contributed by atoms with van der Waals surface area (Å²) in [5, 5.41) is 8.95. The highest BCUT2D eigenvalue weighted by molar-refractivity contribution is 7.09. The van der Waals surface area contributed by atoms with Gasteiger partial charge < -0.3 is 10.6 Å². The molecular formula is C16H24N4S. The molecule has 0 aliphatic heterocycles. The molecule has 2 rings (SSSR count). The molecule has 0 unspecified atom stereocenters. The molecule has 0 atom stereocenters. The fraction of sp³-hybridized carbons (Fsp3) is 0.500. The molecule has 114 valence electrons. The first kappa shape index (κ1) is 15.8. The van der Waals surface area contributed by atoms with Gasteiger partial charge in [0.05, 0.1) is 6.54 Å². The minimum Gasteiger partial charge on any atom is -0.370 e. The molecule has 0 bridgehead atoms. The van der Waals surface area contributed by atoms with Crippen LogP contribution in [0.1, 0.15) is 43.0 Å². The summed E-state index contributed by atoms with van der Waals surface area (Å²) in [5.74, 6) is 2.82. The van der Waals surface area contributed by atoms with Crippen LogP contribution in [0.3, 0.4) is 0 Å². The second-order valence-electron chi connectivity index (χ2n) is 5.07. The maximum absolute atomic E-state index is 4.67. The van der Waals surface area contributed by atoms with Crippen molar-refractivity contribution in [3.05, 3.63) is 33.8 Å². The first-order valence-electron chi connectivity index (χ1n) is 7.62. The number of rotatable bonds is 8. The van der Waals surface area contributed by atoms with Crippen LogP contribution < -0.4 is 10.6 Å². The zero-order chi connectivity index (χ0) is 15.1. The van der Waals surface area contributed by atoms with E-state index in [0.717, 1.165) is 55.4 Å². The zero-order valence-electron chi connectivity index (χ0n) is 13.1. The lowest BCUT2D eigenvalue weighted by Gasteiger charge is -2.14. The summed E-state index contributed by atoms with van der Waals surface area (Å²) >= 11 is 1.76. The maximum atomic E-state index is 4.67. The van der Waals surface area contributed by atoms with E-state index in [4.69, 9.17) is 0 Å². The summed E-state index contributed by atoms with van der Waals surface area (Å²) in [6.07, 6.45) is 3.06. The van der Waals surface area contributed by atoms with Gasteiger partial charge in [-0.3, -0.25) is 0 Å². The molecule has 0 aliphatic rings. The number of thiophene rings is 1. The van der Waals surface area contributed by atoms with Crippen LogP contribution in [-0.2, 0) is 13.0 Å². The summed E-state index contributed by atoms with van der Waals surface area (Å²) in [6, 6.07) is 4.21. The average Bonchev–Trinajstić information content (AvgIpc) is 2.99. The van der Waals surface area contributed by atoms with Gasteiger partial charge in [-0.05, 0) is 31.2 Å². The first-order valence-corrected chi connectivity index (χ1v) is 8.50. The third kappa shape index (κ3) is 4.43. The lowest BCUT2D eigenvalue weighted by molar-refractivity contribution is 0.827. The summed E-state index contributed by atoms with van der Waals surface area (Å²) in [7, 11) is 0. The van der Waals surface area contributed by atoms with E-state index in [2.05, 4.69) is 58.9 Å². The van der Waals surface area contributed by atoms with E-state index in [-0.39, 0.29) is 0 Å². The van der Waals surface area contributed by atoms with Gasteiger partial charge in [-0.1, -0.05) is 19.9 Å². The molecule has 21 heavy (non-hydrogen) atoms. The standard InChI is InChI=1S/C16H24N4S/c1-4-7-14-19-15(17-9-5-2)12(3)16(20-14)18-11-13-8-6-10-21-13/h6,8,10H,4-5,7,9,11H2,1-3H3,(H2,17,18,19,20). The van der Waals surface area contributed by atoms with Crippen LogP contribution in [-0.4, -0.2) is 16.5 Å². The maximum Gasteiger partial charge on any atom is 0.135 e. The fourth-order valence-corrected chi connectivity index (χ4v) is 2.71. The molecule has 0 saturated carbocycles. The summed E-state index contributed by atoms with van der Waals surface area (Å²) < 4.78 is 0. The summed E-state index contributed by atoms with van der Waals surface area (Å²) in [5.41, 5.74) is 1.10. The lowest BCUT2D eigenvalue weighted by atomic mass is 10.2. The molecule has 5 heteroatoms. The molecule has 0 aromatic carbocycles. The van der Waals surface area contributed by atoms with Crippen molar-refractivity contribution in [2.45, 2.75) is 46.6 Å². The van der Waals surface area contributed by atoms with Gasteiger partial charge in [-0.25, -0.2) is 9.97 Å². The minimum atomic E-state index is 0.814. The molecule has 2 aromatic heterocycles.